The number of rotatable bonds is 7. The van der Waals surface area contributed by atoms with Crippen LogP contribution in [0.5, 0.6) is 0 Å². The van der Waals surface area contributed by atoms with Gasteiger partial charge in [-0.2, -0.15) is 0 Å². The van der Waals surface area contributed by atoms with Crippen molar-refractivity contribution >= 4 is 10.8 Å². The summed E-state index contributed by atoms with van der Waals surface area (Å²) < 4.78 is 16.3. The van der Waals surface area contributed by atoms with E-state index in [1.165, 1.54) is 12.8 Å². The number of nitrogens with one attached hydrogen (secondary N) is 1. The van der Waals surface area contributed by atoms with Gasteiger partial charge >= 0.3 is 0 Å². The van der Waals surface area contributed by atoms with Gasteiger partial charge in [0.15, 0.2) is 0 Å². The van der Waals surface area contributed by atoms with Gasteiger partial charge in [-0.15, -0.1) is 0 Å². The normalized spacial score (nSPS) is 23.9. The van der Waals surface area contributed by atoms with E-state index in [9.17, 15) is 4.21 Å². The molecule has 0 bridgehead atoms. The molecular formula is C10H21NO2S. The largest absolute Gasteiger partial charge is 0.378 e. The van der Waals surface area contributed by atoms with E-state index in [4.69, 9.17) is 4.74 Å². The van der Waals surface area contributed by atoms with Crippen LogP contribution in [0.25, 0.3) is 0 Å². The third kappa shape index (κ3) is 5.73. The molecule has 1 aliphatic rings. The molecule has 14 heavy (non-hydrogen) atoms. The van der Waals surface area contributed by atoms with Gasteiger partial charge in [0.25, 0.3) is 0 Å². The van der Waals surface area contributed by atoms with Gasteiger partial charge in [0, 0.05) is 29.4 Å². The summed E-state index contributed by atoms with van der Waals surface area (Å²) in [4.78, 5) is 0. The van der Waals surface area contributed by atoms with Crippen molar-refractivity contribution in [1.82, 2.24) is 5.32 Å². The topological polar surface area (TPSA) is 38.3 Å². The zero-order valence-corrected chi connectivity index (χ0v) is 9.78. The molecule has 0 amide bonds. The van der Waals surface area contributed by atoms with Gasteiger partial charge in [0.1, 0.15) is 0 Å². The minimum Gasteiger partial charge on any atom is -0.378 e. The van der Waals surface area contributed by atoms with E-state index in [0.717, 1.165) is 38.3 Å². The number of ether oxygens (including phenoxy) is 1. The Labute approximate surface area is 89.1 Å². The minimum atomic E-state index is -0.638. The fourth-order valence-electron chi connectivity index (χ4n) is 1.66. The summed E-state index contributed by atoms with van der Waals surface area (Å²) in [5, 5.41) is 3.35. The molecule has 0 aromatic heterocycles. The third-order valence-electron chi connectivity index (χ3n) is 2.45. The van der Waals surface area contributed by atoms with Gasteiger partial charge < -0.3 is 10.1 Å². The Bertz CT molecular complexity index is 170. The predicted molar refractivity (Wildman–Crippen MR) is 60.0 cm³/mol. The van der Waals surface area contributed by atoms with Crippen molar-refractivity contribution in [2.24, 2.45) is 0 Å². The molecule has 1 saturated heterocycles. The van der Waals surface area contributed by atoms with Gasteiger partial charge in [-0.25, -0.2) is 0 Å². The van der Waals surface area contributed by atoms with Crippen LogP contribution in [-0.2, 0) is 15.5 Å². The lowest BCUT2D eigenvalue weighted by atomic mass is 10.2. The Morgan fingerprint density at radius 2 is 2.36 bits per heavy atom. The molecule has 4 heteroatoms. The predicted octanol–water partition coefficient (Wildman–Crippen LogP) is 0.914. The SMILES string of the molecule is CS(=O)CCCNCCC1CCCO1. The molecule has 1 N–H and O–H groups in total. The fourth-order valence-corrected chi connectivity index (χ4v) is 2.21. The van der Waals surface area contributed by atoms with E-state index >= 15 is 0 Å². The molecule has 1 aliphatic heterocycles. The summed E-state index contributed by atoms with van der Waals surface area (Å²) >= 11 is 0. The second-order valence-corrected chi connectivity index (χ2v) is 5.36. The van der Waals surface area contributed by atoms with Crippen LogP contribution in [0.1, 0.15) is 25.7 Å². The maximum atomic E-state index is 10.7. The van der Waals surface area contributed by atoms with Crippen LogP contribution >= 0.6 is 0 Å². The molecule has 0 saturated carbocycles. The summed E-state index contributed by atoms with van der Waals surface area (Å²) in [7, 11) is -0.638. The minimum absolute atomic E-state index is 0.489. The maximum absolute atomic E-state index is 10.7. The number of hydrogen-bond donors (Lipinski definition) is 1. The van der Waals surface area contributed by atoms with Crippen molar-refractivity contribution < 1.29 is 8.95 Å². The first kappa shape index (κ1) is 12.1. The third-order valence-corrected chi connectivity index (χ3v) is 3.32. The standard InChI is InChI=1S/C10H21NO2S/c1-14(12)9-3-6-11-7-5-10-4-2-8-13-10/h10-11H,2-9H2,1H3. The highest BCUT2D eigenvalue weighted by Gasteiger charge is 2.13. The van der Waals surface area contributed by atoms with Crippen molar-refractivity contribution in [3.05, 3.63) is 0 Å². The molecule has 0 radical (unpaired) electrons. The lowest BCUT2D eigenvalue weighted by Crippen LogP contribution is -2.22. The Hall–Kier alpha value is 0.0700. The van der Waals surface area contributed by atoms with Crippen LogP contribution in [0.3, 0.4) is 0 Å². The Morgan fingerprint density at radius 3 is 3.00 bits per heavy atom. The molecule has 1 rings (SSSR count). The molecule has 2 unspecified atom stereocenters. The van der Waals surface area contributed by atoms with Gasteiger partial charge in [0.2, 0.25) is 0 Å². The maximum Gasteiger partial charge on any atom is 0.0588 e. The lowest BCUT2D eigenvalue weighted by Gasteiger charge is -2.09. The molecule has 3 nitrogen and oxygen atoms in total. The highest BCUT2D eigenvalue weighted by molar-refractivity contribution is 7.84. The van der Waals surface area contributed by atoms with E-state index < -0.39 is 10.8 Å². The average Bonchev–Trinajstić information content (AvgIpc) is 2.63. The first-order valence-electron chi connectivity index (χ1n) is 5.41. The fraction of sp³-hybridized carbons (Fsp3) is 1.00. The molecule has 1 fully saturated rings. The van der Waals surface area contributed by atoms with E-state index in [1.807, 2.05) is 0 Å². The molecule has 1 heterocycles. The van der Waals surface area contributed by atoms with Gasteiger partial charge in [0.05, 0.1) is 6.10 Å². The zero-order valence-electron chi connectivity index (χ0n) is 8.96. The van der Waals surface area contributed by atoms with Crippen LogP contribution in [0.2, 0.25) is 0 Å². The highest BCUT2D eigenvalue weighted by atomic mass is 32.2. The Kier molecular flexibility index (Phi) is 6.39. The van der Waals surface area contributed by atoms with Crippen molar-refractivity contribution in [3.63, 3.8) is 0 Å². The van der Waals surface area contributed by atoms with Crippen LogP contribution < -0.4 is 5.32 Å². The van der Waals surface area contributed by atoms with E-state index in [-0.39, 0.29) is 0 Å². The van der Waals surface area contributed by atoms with E-state index in [2.05, 4.69) is 5.32 Å². The quantitative estimate of drug-likeness (QED) is 0.647. The molecule has 0 aromatic rings. The molecular weight excluding hydrogens is 198 g/mol. The second-order valence-electron chi connectivity index (χ2n) is 3.80. The van der Waals surface area contributed by atoms with Crippen molar-refractivity contribution in [3.8, 4) is 0 Å². The zero-order chi connectivity index (χ0) is 10.2. The number of hydrogen-bond acceptors (Lipinski definition) is 3. The lowest BCUT2D eigenvalue weighted by molar-refractivity contribution is 0.104. The first-order valence-corrected chi connectivity index (χ1v) is 7.14. The Morgan fingerprint density at radius 1 is 1.50 bits per heavy atom. The summed E-state index contributed by atoms with van der Waals surface area (Å²) in [5.74, 6) is 0.812. The molecule has 0 spiro atoms. The van der Waals surface area contributed by atoms with Crippen LogP contribution in [0.4, 0.5) is 0 Å². The second kappa shape index (κ2) is 7.37. The van der Waals surface area contributed by atoms with Gasteiger partial charge in [-0.3, -0.25) is 4.21 Å². The van der Waals surface area contributed by atoms with E-state index in [1.54, 1.807) is 6.26 Å². The average molecular weight is 219 g/mol. The molecule has 2 atom stereocenters. The van der Waals surface area contributed by atoms with E-state index in [0.29, 0.717) is 6.10 Å². The Balaban J connectivity index is 1.82. The van der Waals surface area contributed by atoms with Crippen molar-refractivity contribution in [1.29, 1.82) is 0 Å². The van der Waals surface area contributed by atoms with Crippen LogP contribution in [0.15, 0.2) is 0 Å². The van der Waals surface area contributed by atoms with Crippen LogP contribution in [-0.4, -0.2) is 42.0 Å². The van der Waals surface area contributed by atoms with Crippen molar-refractivity contribution in [2.75, 3.05) is 31.7 Å². The summed E-state index contributed by atoms with van der Waals surface area (Å²) in [5.41, 5.74) is 0. The summed E-state index contributed by atoms with van der Waals surface area (Å²) in [6.07, 6.45) is 6.82. The molecule has 0 aromatic carbocycles. The van der Waals surface area contributed by atoms with Gasteiger partial charge in [-0.1, -0.05) is 0 Å². The molecule has 0 aliphatic carbocycles. The molecule has 84 valence electrons. The monoisotopic (exact) mass is 219 g/mol. The van der Waals surface area contributed by atoms with Crippen LogP contribution in [0, 0.1) is 0 Å². The van der Waals surface area contributed by atoms with Gasteiger partial charge in [-0.05, 0) is 38.8 Å². The summed E-state index contributed by atoms with van der Waals surface area (Å²) in [6, 6.07) is 0. The first-order chi connectivity index (χ1) is 6.79. The van der Waals surface area contributed by atoms with Crippen molar-refractivity contribution in [2.45, 2.75) is 31.8 Å². The highest BCUT2D eigenvalue weighted by Crippen LogP contribution is 2.14. The smallest absolute Gasteiger partial charge is 0.0588 e. The summed E-state index contributed by atoms with van der Waals surface area (Å²) in [6.45, 7) is 2.95.